The molecule has 0 saturated carbocycles. The molecule has 0 fully saturated rings. The second-order valence-corrected chi connectivity index (χ2v) is 4.60. The lowest BCUT2D eigenvalue weighted by atomic mass is 9.83. The molecule has 0 aliphatic rings. The largest absolute Gasteiger partial charge is 0.481 e. The van der Waals surface area contributed by atoms with Crippen molar-refractivity contribution in [3.63, 3.8) is 0 Å². The van der Waals surface area contributed by atoms with Crippen LogP contribution in [-0.2, 0) is 4.79 Å². The Bertz CT molecular complexity index is 203. The highest BCUT2D eigenvalue weighted by atomic mass is 19.4. The van der Waals surface area contributed by atoms with Gasteiger partial charge in [-0.2, -0.15) is 13.2 Å². The molecule has 0 bridgehead atoms. The van der Waals surface area contributed by atoms with E-state index in [0.717, 1.165) is 0 Å². The zero-order valence-corrected chi connectivity index (χ0v) is 8.48. The number of alkyl halides is 3. The number of halogens is 3. The summed E-state index contributed by atoms with van der Waals surface area (Å²) in [5, 5.41) is 8.34. The van der Waals surface area contributed by atoms with Gasteiger partial charge in [0, 0.05) is 0 Å². The van der Waals surface area contributed by atoms with Gasteiger partial charge < -0.3 is 5.11 Å². The Morgan fingerprint density at radius 1 is 1.29 bits per heavy atom. The maximum Gasteiger partial charge on any atom is 0.392 e. The summed E-state index contributed by atoms with van der Waals surface area (Å²) < 4.78 is 37.0. The third kappa shape index (κ3) is 5.83. The fourth-order valence-corrected chi connectivity index (χ4v) is 1.25. The first-order valence-electron chi connectivity index (χ1n) is 4.31. The molecule has 0 radical (unpaired) electrons. The maximum atomic E-state index is 12.3. The zero-order valence-electron chi connectivity index (χ0n) is 8.48. The summed E-state index contributed by atoms with van der Waals surface area (Å²) in [5.41, 5.74) is -0.518. The Morgan fingerprint density at radius 2 is 1.71 bits per heavy atom. The Labute approximate surface area is 81.1 Å². The number of carboxylic acids is 1. The molecule has 1 atom stereocenters. The van der Waals surface area contributed by atoms with Gasteiger partial charge in [0.15, 0.2) is 0 Å². The van der Waals surface area contributed by atoms with Crippen LogP contribution in [0.3, 0.4) is 0 Å². The van der Waals surface area contributed by atoms with Crippen molar-refractivity contribution in [2.75, 3.05) is 0 Å². The van der Waals surface area contributed by atoms with E-state index in [-0.39, 0.29) is 6.42 Å². The van der Waals surface area contributed by atoms with E-state index in [0.29, 0.717) is 0 Å². The van der Waals surface area contributed by atoms with Gasteiger partial charge in [-0.3, -0.25) is 4.79 Å². The first-order valence-corrected chi connectivity index (χ1v) is 4.31. The van der Waals surface area contributed by atoms with Gasteiger partial charge in [-0.25, -0.2) is 0 Å². The Balaban J connectivity index is 4.50. The van der Waals surface area contributed by atoms with Crippen molar-refractivity contribution in [3.05, 3.63) is 0 Å². The monoisotopic (exact) mass is 212 g/mol. The van der Waals surface area contributed by atoms with Gasteiger partial charge in [-0.15, -0.1) is 0 Å². The van der Waals surface area contributed by atoms with Gasteiger partial charge in [0.2, 0.25) is 0 Å². The lowest BCUT2D eigenvalue weighted by molar-refractivity contribution is -0.189. The first kappa shape index (κ1) is 13.3. The van der Waals surface area contributed by atoms with Crippen molar-refractivity contribution in [2.45, 2.75) is 39.8 Å². The molecule has 0 amide bonds. The Morgan fingerprint density at radius 3 is 1.93 bits per heavy atom. The highest BCUT2D eigenvalue weighted by Crippen LogP contribution is 2.37. The van der Waals surface area contributed by atoms with Crippen molar-refractivity contribution < 1.29 is 23.1 Å². The van der Waals surface area contributed by atoms with E-state index in [1.165, 1.54) is 0 Å². The predicted molar refractivity (Wildman–Crippen MR) is 45.9 cm³/mol. The molecule has 1 unspecified atom stereocenters. The summed E-state index contributed by atoms with van der Waals surface area (Å²) in [6.07, 6.45) is -5.44. The van der Waals surface area contributed by atoms with Gasteiger partial charge in [-0.1, -0.05) is 20.8 Å². The standard InChI is InChI=1S/C9H15F3O2/c1-8(2,3)5-6(4-7(13)14)9(10,11)12/h6H,4-5H2,1-3H3,(H,13,14). The van der Waals surface area contributed by atoms with E-state index in [2.05, 4.69) is 0 Å². The summed E-state index contributed by atoms with van der Waals surface area (Å²) in [6.45, 7) is 4.98. The molecule has 84 valence electrons. The van der Waals surface area contributed by atoms with Crippen molar-refractivity contribution in [3.8, 4) is 0 Å². The third-order valence-corrected chi connectivity index (χ3v) is 1.74. The summed E-state index contributed by atoms with van der Waals surface area (Å²) in [6, 6.07) is 0. The maximum absolute atomic E-state index is 12.3. The molecule has 0 spiro atoms. The van der Waals surface area contributed by atoms with Crippen LogP contribution in [0.5, 0.6) is 0 Å². The van der Waals surface area contributed by atoms with Gasteiger partial charge in [0.1, 0.15) is 0 Å². The minimum absolute atomic E-state index is 0.164. The smallest absolute Gasteiger partial charge is 0.392 e. The summed E-state index contributed by atoms with van der Waals surface area (Å²) >= 11 is 0. The normalized spacial score (nSPS) is 15.3. The number of carbonyl (C=O) groups is 1. The summed E-state index contributed by atoms with van der Waals surface area (Å²) in [7, 11) is 0. The van der Waals surface area contributed by atoms with Crippen LogP contribution in [0.2, 0.25) is 0 Å². The van der Waals surface area contributed by atoms with E-state index < -0.39 is 29.9 Å². The molecule has 0 heterocycles. The number of aliphatic carboxylic acids is 1. The summed E-state index contributed by atoms with van der Waals surface area (Å²) in [5.74, 6) is -3.16. The lowest BCUT2D eigenvalue weighted by Crippen LogP contribution is -2.29. The van der Waals surface area contributed by atoms with E-state index >= 15 is 0 Å². The minimum Gasteiger partial charge on any atom is -0.481 e. The van der Waals surface area contributed by atoms with E-state index in [4.69, 9.17) is 5.11 Å². The van der Waals surface area contributed by atoms with Crippen molar-refractivity contribution in [1.29, 1.82) is 0 Å². The quantitative estimate of drug-likeness (QED) is 0.780. The SMILES string of the molecule is CC(C)(C)CC(CC(=O)O)C(F)(F)F. The first-order chi connectivity index (χ1) is 6.02. The molecule has 0 aliphatic carbocycles. The number of hydrogen-bond acceptors (Lipinski definition) is 1. The average molecular weight is 212 g/mol. The third-order valence-electron chi connectivity index (χ3n) is 1.74. The van der Waals surface area contributed by atoms with Gasteiger partial charge >= 0.3 is 12.1 Å². The topological polar surface area (TPSA) is 37.3 Å². The van der Waals surface area contributed by atoms with Crippen LogP contribution in [-0.4, -0.2) is 17.3 Å². The van der Waals surface area contributed by atoms with E-state index in [1.54, 1.807) is 20.8 Å². The number of rotatable bonds is 3. The molecule has 1 N–H and O–H groups in total. The molecule has 14 heavy (non-hydrogen) atoms. The lowest BCUT2D eigenvalue weighted by Gasteiger charge is -2.26. The Kier molecular flexibility index (Phi) is 3.97. The van der Waals surface area contributed by atoms with Crippen molar-refractivity contribution in [1.82, 2.24) is 0 Å². The van der Waals surface area contributed by atoms with Crippen LogP contribution in [0.1, 0.15) is 33.6 Å². The molecule has 0 aromatic rings. The highest BCUT2D eigenvalue weighted by molar-refractivity contribution is 5.67. The molecule has 0 rings (SSSR count). The van der Waals surface area contributed by atoms with Gasteiger partial charge in [-0.05, 0) is 11.8 Å². The molecule has 0 aromatic carbocycles. The van der Waals surface area contributed by atoms with Crippen LogP contribution in [0, 0.1) is 11.3 Å². The second-order valence-electron chi connectivity index (χ2n) is 4.60. The van der Waals surface area contributed by atoms with Gasteiger partial charge in [0.25, 0.3) is 0 Å². The zero-order chi connectivity index (χ0) is 11.6. The van der Waals surface area contributed by atoms with E-state index in [1.807, 2.05) is 0 Å². The fraction of sp³-hybridized carbons (Fsp3) is 0.889. The average Bonchev–Trinajstić information content (AvgIpc) is 1.78. The predicted octanol–water partition coefficient (Wildman–Crippen LogP) is 3.08. The summed E-state index contributed by atoms with van der Waals surface area (Å²) in [4.78, 5) is 10.2. The molecule has 0 aromatic heterocycles. The van der Waals surface area contributed by atoms with Crippen LogP contribution >= 0.6 is 0 Å². The van der Waals surface area contributed by atoms with Crippen LogP contribution in [0.15, 0.2) is 0 Å². The minimum atomic E-state index is -4.42. The van der Waals surface area contributed by atoms with Crippen molar-refractivity contribution in [2.24, 2.45) is 11.3 Å². The highest BCUT2D eigenvalue weighted by Gasteiger charge is 2.42. The van der Waals surface area contributed by atoms with Crippen molar-refractivity contribution >= 4 is 5.97 Å². The Hall–Kier alpha value is -0.740. The van der Waals surface area contributed by atoms with Gasteiger partial charge in [0.05, 0.1) is 12.3 Å². The molecule has 2 nitrogen and oxygen atoms in total. The van der Waals surface area contributed by atoms with Crippen LogP contribution in [0.25, 0.3) is 0 Å². The number of carboxylic acid groups (broad SMARTS) is 1. The van der Waals surface area contributed by atoms with Crippen LogP contribution in [0.4, 0.5) is 13.2 Å². The molecule has 0 aliphatic heterocycles. The molecule has 0 saturated heterocycles. The molecule has 5 heteroatoms. The molecular weight excluding hydrogens is 197 g/mol. The van der Waals surface area contributed by atoms with E-state index in [9.17, 15) is 18.0 Å². The fourth-order valence-electron chi connectivity index (χ4n) is 1.25. The second kappa shape index (κ2) is 4.19. The van der Waals surface area contributed by atoms with Crippen LogP contribution < -0.4 is 0 Å². The number of hydrogen-bond donors (Lipinski definition) is 1. The molecular formula is C9H15F3O2.